The fraction of sp³-hybridized carbons (Fsp3) is 0.526. The minimum Gasteiger partial charge on any atom is -0.487 e. The maximum Gasteiger partial charge on any atom is 0.226 e. The number of pyridine rings is 1. The molecule has 2 saturated carbocycles. The summed E-state index contributed by atoms with van der Waals surface area (Å²) in [6.07, 6.45) is 4.17. The van der Waals surface area contributed by atoms with Crippen LogP contribution in [0.1, 0.15) is 89.1 Å². The number of aliphatic hydroxyl groups is 1. The van der Waals surface area contributed by atoms with E-state index in [1.807, 2.05) is 81.1 Å². The normalized spacial score (nSPS) is 19.9. The number of rotatable bonds is 29. The second-order valence-corrected chi connectivity index (χ2v) is 23.0. The Morgan fingerprint density at radius 3 is 2.19 bits per heavy atom. The third kappa shape index (κ3) is 17.8. The molecular weight excluding hydrogens is 1060 g/mol. The Labute approximate surface area is 469 Å². The number of anilines is 2. The highest BCUT2D eigenvalue weighted by atomic mass is 35.5. The highest BCUT2D eigenvalue weighted by Crippen LogP contribution is 2.42. The highest BCUT2D eigenvalue weighted by molar-refractivity contribution is 7.13. The number of thiazole rings is 2. The van der Waals surface area contributed by atoms with E-state index < -0.39 is 40.6 Å². The van der Waals surface area contributed by atoms with E-state index in [-0.39, 0.29) is 79.6 Å². The number of carbonyl (C=O) groups is 4. The summed E-state index contributed by atoms with van der Waals surface area (Å²) >= 11 is 9.04. The van der Waals surface area contributed by atoms with Crippen molar-refractivity contribution in [2.75, 3.05) is 64.7 Å². The van der Waals surface area contributed by atoms with Crippen LogP contribution in [0.2, 0.25) is 5.02 Å². The van der Waals surface area contributed by atoms with Gasteiger partial charge in [0.15, 0.2) is 22.5 Å². The number of nitrogens with one attached hydrogen (secondary N) is 4. The Kier molecular flexibility index (Phi) is 22.9. The molecule has 2 aliphatic rings. The van der Waals surface area contributed by atoms with Crippen LogP contribution in [0.3, 0.4) is 0 Å². The molecule has 4 atom stereocenters. The summed E-state index contributed by atoms with van der Waals surface area (Å²) in [6, 6.07) is 17.4. The average molecular weight is 1130 g/mol. The fourth-order valence-electron chi connectivity index (χ4n) is 9.85. The van der Waals surface area contributed by atoms with Gasteiger partial charge in [0.25, 0.3) is 0 Å². The van der Waals surface area contributed by atoms with Gasteiger partial charge in [0.05, 0.1) is 104 Å². The molecule has 0 radical (unpaired) electrons. The van der Waals surface area contributed by atoms with E-state index in [1.54, 1.807) is 29.7 Å². The van der Waals surface area contributed by atoms with Crippen LogP contribution < -0.4 is 26.0 Å². The second-order valence-electron chi connectivity index (χ2n) is 20.9. The molecule has 2 aromatic carbocycles. The van der Waals surface area contributed by atoms with Crippen molar-refractivity contribution in [2.45, 2.75) is 110 Å². The number of benzene rings is 2. The summed E-state index contributed by atoms with van der Waals surface area (Å²) in [7, 11) is 0. The van der Waals surface area contributed by atoms with Crippen LogP contribution in [-0.2, 0) is 51.1 Å². The first kappa shape index (κ1) is 60.2. The summed E-state index contributed by atoms with van der Waals surface area (Å²) in [6.45, 7) is 10.5. The molecule has 1 unspecified atom stereocenters. The summed E-state index contributed by atoms with van der Waals surface area (Å²) < 4.78 is 43.4. The first-order chi connectivity index (χ1) is 37.6. The minimum absolute atomic E-state index is 0.00647. The van der Waals surface area contributed by atoms with Crippen molar-refractivity contribution < 1.29 is 52.4 Å². The standard InChI is InChI=1S/C57H73ClFN7O10S2/c1-37-51(78-36-63-37)39-13-11-38(12-14-39)35-62-53(70)44-33-41(67)15-16-43(44)50(69)52(56(2,3)4)66-48(68)19-24-72-26-28-74-30-31-75-29-27-73-25-22-60-54(71)57(34-40-7-5-10-47(64-40)65-55-61-23-32-77-55)20-17-42(18-21-57)76-46-9-6-8-45(58)49(46)59/h5-14,23,32,36,41-44,52,67H,15-22,24-31,33-35H2,1-4H3,(H,60,71)(H,62,70)(H,66,68)(H,61,64,65)/t41-,42-,43?,44+,52+,57-/m0/s1. The van der Waals surface area contributed by atoms with Crippen LogP contribution in [0.4, 0.5) is 15.3 Å². The number of Topliss-reactive ketones (excluding diaryl/α,β-unsaturated/α-hetero) is 1. The van der Waals surface area contributed by atoms with Gasteiger partial charge >= 0.3 is 0 Å². The summed E-state index contributed by atoms with van der Waals surface area (Å²) in [5.74, 6) is -2.21. The van der Waals surface area contributed by atoms with Crippen molar-refractivity contribution in [3.05, 3.63) is 106 Å². The van der Waals surface area contributed by atoms with Crippen molar-refractivity contribution in [3.8, 4) is 16.2 Å². The number of nitrogens with zero attached hydrogens (tertiary/aromatic N) is 3. The number of ether oxygens (including phenoxy) is 5. The zero-order valence-electron chi connectivity index (χ0n) is 44.9. The second kappa shape index (κ2) is 29.7. The predicted octanol–water partition coefficient (Wildman–Crippen LogP) is 8.82. The molecule has 0 spiro atoms. The first-order valence-corrected chi connectivity index (χ1v) is 28.8. The number of hydrogen-bond acceptors (Lipinski definition) is 16. The Morgan fingerprint density at radius 1 is 0.833 bits per heavy atom. The van der Waals surface area contributed by atoms with Gasteiger partial charge in [-0.3, -0.25) is 19.2 Å². The van der Waals surface area contributed by atoms with Gasteiger partial charge in [0, 0.05) is 49.1 Å². The van der Waals surface area contributed by atoms with E-state index in [0.717, 1.165) is 32.5 Å². The maximum absolute atomic E-state index is 14.7. The van der Waals surface area contributed by atoms with E-state index >= 15 is 0 Å². The smallest absolute Gasteiger partial charge is 0.226 e. The van der Waals surface area contributed by atoms with Crippen molar-refractivity contribution >= 4 is 68.7 Å². The number of carbonyl (C=O) groups excluding carboxylic acids is 4. The molecule has 17 nitrogen and oxygen atoms in total. The Morgan fingerprint density at radius 2 is 1.53 bits per heavy atom. The zero-order chi connectivity index (χ0) is 55.5. The molecule has 5 N–H and O–H groups in total. The number of aliphatic hydroxyl groups excluding tert-OH is 1. The molecule has 422 valence electrons. The maximum atomic E-state index is 14.7. The van der Waals surface area contributed by atoms with Crippen LogP contribution in [0.15, 0.2) is 77.8 Å². The first-order valence-electron chi connectivity index (χ1n) is 26.7. The lowest BCUT2D eigenvalue weighted by molar-refractivity contribution is -0.141. The number of aromatic nitrogens is 3. The molecule has 2 aliphatic carbocycles. The largest absolute Gasteiger partial charge is 0.487 e. The van der Waals surface area contributed by atoms with Crippen molar-refractivity contribution in [1.82, 2.24) is 30.9 Å². The molecule has 78 heavy (non-hydrogen) atoms. The Balaban J connectivity index is 0.752. The van der Waals surface area contributed by atoms with Crippen LogP contribution in [0.5, 0.6) is 5.75 Å². The fourth-order valence-corrected chi connectivity index (χ4v) is 11.4. The molecule has 3 aromatic heterocycles. The molecule has 3 amide bonds. The molecular formula is C57H73ClFN7O10S2. The molecule has 0 bridgehead atoms. The van der Waals surface area contributed by atoms with Crippen molar-refractivity contribution in [3.63, 3.8) is 0 Å². The molecule has 2 fully saturated rings. The number of halogens is 2. The van der Waals surface area contributed by atoms with E-state index in [0.29, 0.717) is 90.3 Å². The van der Waals surface area contributed by atoms with E-state index in [4.69, 9.17) is 40.3 Å². The third-order valence-corrected chi connectivity index (χ3v) is 16.1. The number of hydrogen-bond donors (Lipinski definition) is 5. The van der Waals surface area contributed by atoms with Crippen LogP contribution in [0, 0.1) is 35.4 Å². The molecule has 0 saturated heterocycles. The molecule has 3 heterocycles. The molecule has 5 aromatic rings. The van der Waals surface area contributed by atoms with Crippen molar-refractivity contribution in [2.24, 2.45) is 22.7 Å². The topological polar surface area (TPSA) is 221 Å². The third-order valence-electron chi connectivity index (χ3n) is 14.1. The lowest BCUT2D eigenvalue weighted by atomic mass is 9.69. The van der Waals surface area contributed by atoms with Gasteiger partial charge in [-0.15, -0.1) is 22.7 Å². The summed E-state index contributed by atoms with van der Waals surface area (Å²) in [5.41, 5.74) is 4.09. The van der Waals surface area contributed by atoms with Gasteiger partial charge in [-0.2, -0.15) is 0 Å². The monoisotopic (exact) mass is 1130 g/mol. The summed E-state index contributed by atoms with van der Waals surface area (Å²) in [5, 5.41) is 25.4. The molecule has 7 rings (SSSR count). The van der Waals surface area contributed by atoms with Gasteiger partial charge < -0.3 is 50.1 Å². The van der Waals surface area contributed by atoms with Gasteiger partial charge in [0.2, 0.25) is 17.7 Å². The van der Waals surface area contributed by atoms with E-state index in [2.05, 4.69) is 31.2 Å². The minimum atomic E-state index is -0.846. The van der Waals surface area contributed by atoms with Crippen molar-refractivity contribution in [1.29, 1.82) is 0 Å². The molecule has 0 aliphatic heterocycles. The number of amides is 3. The SMILES string of the molecule is Cc1ncsc1-c1ccc(CNC(=O)[C@@H]2C[C@@H](O)CCC2C(=O)[C@@H](NC(=O)CCOCCOCCOCCOCCNC(=O)[C@]2(Cc3cccc(Nc4nccs4)n3)CC[C@@H](Oc3cccc(Cl)c3F)CC2)C(C)(C)C)cc1. The van der Waals surface area contributed by atoms with Gasteiger partial charge in [-0.05, 0) is 92.7 Å². The van der Waals surface area contributed by atoms with E-state index in [9.17, 15) is 28.7 Å². The lowest BCUT2D eigenvalue weighted by Gasteiger charge is -2.39. The van der Waals surface area contributed by atoms with Crippen LogP contribution in [0.25, 0.3) is 10.4 Å². The van der Waals surface area contributed by atoms with Gasteiger partial charge in [-0.1, -0.05) is 68.8 Å². The zero-order valence-corrected chi connectivity index (χ0v) is 47.3. The summed E-state index contributed by atoms with van der Waals surface area (Å²) in [4.78, 5) is 69.5. The van der Waals surface area contributed by atoms with E-state index in [1.165, 1.54) is 17.4 Å². The van der Waals surface area contributed by atoms with Crippen LogP contribution >= 0.6 is 34.3 Å². The number of ketones is 1. The molecule has 21 heteroatoms. The quantitative estimate of drug-likeness (QED) is 0.0283. The van der Waals surface area contributed by atoms with Gasteiger partial charge in [-0.25, -0.2) is 19.3 Å². The lowest BCUT2D eigenvalue weighted by Crippen LogP contribution is -2.54. The Bertz CT molecular complexity index is 2700. The van der Waals surface area contributed by atoms with Crippen LogP contribution in [-0.4, -0.2) is 121 Å². The average Bonchev–Trinajstić information content (AvgIpc) is 4.16. The highest BCUT2D eigenvalue weighted by Gasteiger charge is 2.45. The number of aryl methyl sites for hydroxylation is 1. The predicted molar refractivity (Wildman–Crippen MR) is 298 cm³/mol. The van der Waals surface area contributed by atoms with Gasteiger partial charge in [0.1, 0.15) is 5.82 Å². The Hall–Kier alpha value is -5.45.